The van der Waals surface area contributed by atoms with E-state index in [-0.39, 0.29) is 18.6 Å². The average molecular weight is 421 g/mol. The summed E-state index contributed by atoms with van der Waals surface area (Å²) in [7, 11) is 0. The maximum Gasteiger partial charge on any atom is 0.326 e. The fraction of sp³-hybridized carbons (Fsp3) is 0.571. The van der Waals surface area contributed by atoms with Crippen molar-refractivity contribution in [2.75, 3.05) is 12.3 Å². The minimum absolute atomic E-state index is 0.138. The molecule has 13 nitrogen and oxygen atoms in total. The summed E-state index contributed by atoms with van der Waals surface area (Å²) in [5, 5.41) is 23.9. The van der Waals surface area contributed by atoms with Crippen LogP contribution in [-0.2, 0) is 28.8 Å². The van der Waals surface area contributed by atoms with Gasteiger partial charge in [-0.25, -0.2) is 4.79 Å². The first-order valence-corrected chi connectivity index (χ1v) is 8.57. The quantitative estimate of drug-likeness (QED) is 0.136. The van der Waals surface area contributed by atoms with E-state index in [2.05, 4.69) is 23.3 Å². The Morgan fingerprint density at radius 3 is 2.04 bits per heavy atom. The first-order chi connectivity index (χ1) is 13.0. The van der Waals surface area contributed by atoms with Gasteiger partial charge in [0.2, 0.25) is 23.6 Å². The van der Waals surface area contributed by atoms with E-state index in [0.29, 0.717) is 0 Å². The molecule has 0 aliphatic carbocycles. The molecule has 0 spiro atoms. The van der Waals surface area contributed by atoms with Gasteiger partial charge in [-0.2, -0.15) is 12.6 Å². The number of carboxylic acid groups (broad SMARTS) is 2. The third-order valence-electron chi connectivity index (χ3n) is 3.28. The van der Waals surface area contributed by atoms with Crippen LogP contribution in [-0.4, -0.2) is 76.2 Å². The molecule has 0 rings (SSSR count). The molecule has 0 saturated carbocycles. The lowest BCUT2D eigenvalue weighted by atomic mass is 10.1. The molecule has 0 bridgehead atoms. The van der Waals surface area contributed by atoms with Gasteiger partial charge in [-0.05, 0) is 6.42 Å². The van der Waals surface area contributed by atoms with E-state index in [1.807, 2.05) is 5.32 Å². The Hall–Kier alpha value is -2.87. The summed E-state index contributed by atoms with van der Waals surface area (Å²) in [5.74, 6) is -6.16. The number of aliphatic carboxylic acids is 2. The predicted octanol–water partition coefficient (Wildman–Crippen LogP) is -3.85. The molecule has 0 aliphatic heterocycles. The molecule has 0 aromatic heterocycles. The first-order valence-electron chi connectivity index (χ1n) is 7.94. The van der Waals surface area contributed by atoms with Crippen molar-refractivity contribution in [2.45, 2.75) is 37.4 Å². The minimum atomic E-state index is -1.55. The van der Waals surface area contributed by atoms with Crippen molar-refractivity contribution in [2.24, 2.45) is 11.5 Å². The average Bonchev–Trinajstić information content (AvgIpc) is 2.60. The zero-order chi connectivity index (χ0) is 21.9. The van der Waals surface area contributed by atoms with E-state index in [4.69, 9.17) is 21.7 Å². The minimum Gasteiger partial charge on any atom is -0.481 e. The van der Waals surface area contributed by atoms with Crippen molar-refractivity contribution in [3.8, 4) is 0 Å². The Bertz CT molecular complexity index is 629. The Balaban J connectivity index is 4.58. The SMILES string of the molecule is NC(=O)CC(NC(=O)CNC(=O)C(CS)NC(=O)C(N)CCC(=O)O)C(=O)O. The smallest absolute Gasteiger partial charge is 0.326 e. The van der Waals surface area contributed by atoms with Gasteiger partial charge in [0.1, 0.15) is 12.1 Å². The summed E-state index contributed by atoms with van der Waals surface area (Å²) >= 11 is 3.91. The van der Waals surface area contributed by atoms with Crippen molar-refractivity contribution >= 4 is 48.2 Å². The van der Waals surface area contributed by atoms with Crippen molar-refractivity contribution in [3.05, 3.63) is 0 Å². The van der Waals surface area contributed by atoms with Gasteiger partial charge in [0.05, 0.1) is 19.0 Å². The van der Waals surface area contributed by atoms with Gasteiger partial charge in [0, 0.05) is 12.2 Å². The number of carbonyl (C=O) groups is 6. The summed E-state index contributed by atoms with van der Waals surface area (Å²) in [5.41, 5.74) is 10.4. The summed E-state index contributed by atoms with van der Waals surface area (Å²) in [6.45, 7) is -0.632. The van der Waals surface area contributed by atoms with Crippen LogP contribution >= 0.6 is 12.6 Å². The highest BCUT2D eigenvalue weighted by Crippen LogP contribution is 1.97. The van der Waals surface area contributed by atoms with Gasteiger partial charge >= 0.3 is 11.9 Å². The number of nitrogens with two attached hydrogens (primary N) is 2. The van der Waals surface area contributed by atoms with Gasteiger partial charge in [-0.1, -0.05) is 0 Å². The van der Waals surface area contributed by atoms with Gasteiger partial charge in [-0.15, -0.1) is 0 Å². The van der Waals surface area contributed by atoms with Crippen LogP contribution in [0.1, 0.15) is 19.3 Å². The van der Waals surface area contributed by atoms with Gasteiger partial charge < -0.3 is 37.6 Å². The molecule has 3 atom stereocenters. The largest absolute Gasteiger partial charge is 0.481 e. The monoisotopic (exact) mass is 421 g/mol. The Labute approximate surface area is 165 Å². The van der Waals surface area contributed by atoms with Crippen LogP contribution in [0.25, 0.3) is 0 Å². The molecular weight excluding hydrogens is 398 g/mol. The molecule has 0 heterocycles. The molecule has 158 valence electrons. The van der Waals surface area contributed by atoms with E-state index in [9.17, 15) is 28.8 Å². The van der Waals surface area contributed by atoms with Crippen LogP contribution in [0.15, 0.2) is 0 Å². The highest BCUT2D eigenvalue weighted by atomic mass is 32.1. The lowest BCUT2D eigenvalue weighted by Crippen LogP contribution is -2.54. The van der Waals surface area contributed by atoms with Crippen molar-refractivity contribution < 1.29 is 39.0 Å². The van der Waals surface area contributed by atoms with Gasteiger partial charge in [-0.3, -0.25) is 24.0 Å². The van der Waals surface area contributed by atoms with Gasteiger partial charge in [0.15, 0.2) is 0 Å². The molecular formula is C14H23N5O8S. The number of hydrogen-bond donors (Lipinski definition) is 8. The van der Waals surface area contributed by atoms with E-state index < -0.39 is 66.7 Å². The first kappa shape index (κ1) is 25.1. The topological polar surface area (TPSA) is 231 Å². The third-order valence-corrected chi connectivity index (χ3v) is 3.65. The third kappa shape index (κ3) is 10.3. The summed E-state index contributed by atoms with van der Waals surface area (Å²) in [4.78, 5) is 67.8. The Morgan fingerprint density at radius 1 is 0.964 bits per heavy atom. The van der Waals surface area contributed by atoms with Crippen LogP contribution < -0.4 is 27.4 Å². The maximum atomic E-state index is 12.0. The number of thiol groups is 1. The fourth-order valence-electron chi connectivity index (χ4n) is 1.82. The van der Waals surface area contributed by atoms with E-state index in [0.717, 1.165) is 0 Å². The molecule has 0 radical (unpaired) electrons. The Kier molecular flexibility index (Phi) is 11.2. The molecule has 3 unspecified atom stereocenters. The second-order valence-corrected chi connectivity index (χ2v) is 5.99. The summed E-state index contributed by atoms with van der Waals surface area (Å²) < 4.78 is 0. The van der Waals surface area contributed by atoms with Crippen LogP contribution in [0.3, 0.4) is 0 Å². The number of rotatable bonds is 13. The zero-order valence-corrected chi connectivity index (χ0v) is 15.6. The summed E-state index contributed by atoms with van der Waals surface area (Å²) in [6.07, 6.45) is -1.10. The Morgan fingerprint density at radius 2 is 1.57 bits per heavy atom. The van der Waals surface area contributed by atoms with Crippen molar-refractivity contribution in [1.29, 1.82) is 0 Å². The van der Waals surface area contributed by atoms with E-state index >= 15 is 0 Å². The van der Waals surface area contributed by atoms with Crippen LogP contribution in [0.2, 0.25) is 0 Å². The van der Waals surface area contributed by atoms with Gasteiger partial charge in [0.25, 0.3) is 0 Å². The van der Waals surface area contributed by atoms with Crippen molar-refractivity contribution in [3.63, 3.8) is 0 Å². The highest BCUT2D eigenvalue weighted by Gasteiger charge is 2.25. The molecule has 0 saturated heterocycles. The number of amides is 4. The molecule has 0 aromatic rings. The molecule has 9 N–H and O–H groups in total. The molecule has 0 aromatic carbocycles. The molecule has 0 fully saturated rings. The molecule has 0 aliphatic rings. The van der Waals surface area contributed by atoms with E-state index in [1.54, 1.807) is 0 Å². The number of hydrogen-bond acceptors (Lipinski definition) is 8. The van der Waals surface area contributed by atoms with E-state index in [1.165, 1.54) is 0 Å². The second kappa shape index (κ2) is 12.5. The second-order valence-electron chi connectivity index (χ2n) is 5.63. The number of nitrogens with one attached hydrogen (secondary N) is 3. The summed E-state index contributed by atoms with van der Waals surface area (Å²) in [6, 6.07) is -3.87. The lowest BCUT2D eigenvalue weighted by molar-refractivity contribution is -0.143. The molecule has 14 heteroatoms. The molecule has 4 amide bonds. The van der Waals surface area contributed by atoms with Crippen LogP contribution in [0, 0.1) is 0 Å². The fourth-order valence-corrected chi connectivity index (χ4v) is 2.08. The number of carbonyl (C=O) groups excluding carboxylic acids is 4. The standard InChI is InChI=1S/C14H23N5O8S/c15-6(1-2-11(22)23)12(24)19-8(5-28)13(25)17-4-10(21)18-7(14(26)27)3-9(16)20/h6-8,28H,1-5,15H2,(H2,16,20)(H,17,25)(H,18,21)(H,19,24)(H,22,23)(H,26,27). The zero-order valence-electron chi connectivity index (χ0n) is 14.7. The van der Waals surface area contributed by atoms with Crippen molar-refractivity contribution in [1.82, 2.24) is 16.0 Å². The van der Waals surface area contributed by atoms with Crippen LogP contribution in [0.5, 0.6) is 0 Å². The number of carboxylic acids is 2. The molecule has 28 heavy (non-hydrogen) atoms. The van der Waals surface area contributed by atoms with Crippen LogP contribution in [0.4, 0.5) is 0 Å². The maximum absolute atomic E-state index is 12.0. The predicted molar refractivity (Wildman–Crippen MR) is 97.0 cm³/mol. The normalized spacial score (nSPS) is 13.5. The highest BCUT2D eigenvalue weighted by molar-refractivity contribution is 7.80. The number of primary amides is 1. The lowest BCUT2D eigenvalue weighted by Gasteiger charge is -2.19.